The number of nitrogens with two attached hydrogens (primary N) is 1. The lowest BCUT2D eigenvalue weighted by atomic mass is 9.92. The molecule has 1 aliphatic rings. The molecule has 1 heterocycles. The van der Waals surface area contributed by atoms with Crippen LogP contribution in [0.5, 0.6) is 11.5 Å². The molecule has 1 aromatic rings. The minimum atomic E-state index is -0.602. The standard InChI is InChI=1S/C17H24N2O4/c1-11-6-12(2)9-19(8-11)16(20)10-23-15-7-13(22-3)4-5-14(15)17(18)21/h4-5,7,11-12H,6,8-10H2,1-3H3,(H2,18,21)/t11-,12-/m0/s1. The van der Waals surface area contributed by atoms with Crippen molar-refractivity contribution in [3.8, 4) is 11.5 Å². The maximum absolute atomic E-state index is 12.4. The third-order valence-electron chi connectivity index (χ3n) is 4.03. The van der Waals surface area contributed by atoms with Gasteiger partial charge in [0.15, 0.2) is 6.61 Å². The maximum atomic E-state index is 12.4. The van der Waals surface area contributed by atoms with E-state index in [-0.39, 0.29) is 23.8 Å². The van der Waals surface area contributed by atoms with E-state index >= 15 is 0 Å². The third-order valence-corrected chi connectivity index (χ3v) is 4.03. The Hall–Kier alpha value is -2.24. The minimum Gasteiger partial charge on any atom is -0.497 e. The largest absolute Gasteiger partial charge is 0.497 e. The van der Waals surface area contributed by atoms with Gasteiger partial charge in [-0.2, -0.15) is 0 Å². The predicted octanol–water partition coefficient (Wildman–Crippen LogP) is 1.68. The van der Waals surface area contributed by atoms with Crippen molar-refractivity contribution in [3.05, 3.63) is 23.8 Å². The molecule has 0 unspecified atom stereocenters. The second kappa shape index (κ2) is 7.35. The summed E-state index contributed by atoms with van der Waals surface area (Å²) in [5, 5.41) is 0. The van der Waals surface area contributed by atoms with Crippen LogP contribution in [-0.4, -0.2) is 43.5 Å². The van der Waals surface area contributed by atoms with Gasteiger partial charge in [0.25, 0.3) is 11.8 Å². The summed E-state index contributed by atoms with van der Waals surface area (Å²) in [6.07, 6.45) is 1.13. The van der Waals surface area contributed by atoms with Crippen LogP contribution in [0.4, 0.5) is 0 Å². The first-order chi connectivity index (χ1) is 10.9. The van der Waals surface area contributed by atoms with E-state index in [9.17, 15) is 9.59 Å². The number of piperidine rings is 1. The van der Waals surface area contributed by atoms with Crippen molar-refractivity contribution >= 4 is 11.8 Å². The molecule has 126 valence electrons. The number of benzene rings is 1. The lowest BCUT2D eigenvalue weighted by molar-refractivity contribution is -0.136. The van der Waals surface area contributed by atoms with Crippen LogP contribution < -0.4 is 15.2 Å². The third kappa shape index (κ3) is 4.37. The Morgan fingerprint density at radius 1 is 1.26 bits per heavy atom. The Labute approximate surface area is 136 Å². The van der Waals surface area contributed by atoms with E-state index in [2.05, 4.69) is 13.8 Å². The van der Waals surface area contributed by atoms with Gasteiger partial charge in [0.05, 0.1) is 12.7 Å². The number of nitrogens with zero attached hydrogens (tertiary/aromatic N) is 1. The first-order valence-corrected chi connectivity index (χ1v) is 7.79. The van der Waals surface area contributed by atoms with Crippen molar-refractivity contribution in [3.63, 3.8) is 0 Å². The molecule has 2 atom stereocenters. The summed E-state index contributed by atoms with van der Waals surface area (Å²) in [7, 11) is 1.52. The molecule has 1 fully saturated rings. The van der Waals surface area contributed by atoms with Gasteiger partial charge in [-0.15, -0.1) is 0 Å². The minimum absolute atomic E-state index is 0.0818. The highest BCUT2D eigenvalue weighted by Crippen LogP contribution is 2.25. The second-order valence-electron chi connectivity index (χ2n) is 6.26. The molecular formula is C17H24N2O4. The van der Waals surface area contributed by atoms with Crippen molar-refractivity contribution in [1.82, 2.24) is 4.90 Å². The smallest absolute Gasteiger partial charge is 0.260 e. The van der Waals surface area contributed by atoms with E-state index in [0.29, 0.717) is 17.6 Å². The fraction of sp³-hybridized carbons (Fsp3) is 0.529. The molecule has 2 rings (SSSR count). The summed E-state index contributed by atoms with van der Waals surface area (Å²) in [4.78, 5) is 25.6. The van der Waals surface area contributed by atoms with Crippen LogP contribution in [0.1, 0.15) is 30.6 Å². The molecule has 0 saturated carbocycles. The van der Waals surface area contributed by atoms with Crippen LogP contribution in [0.3, 0.4) is 0 Å². The average molecular weight is 320 g/mol. The topological polar surface area (TPSA) is 81.9 Å². The van der Waals surface area contributed by atoms with Gasteiger partial charge < -0.3 is 20.1 Å². The van der Waals surface area contributed by atoms with Gasteiger partial charge in [-0.25, -0.2) is 0 Å². The zero-order valence-corrected chi connectivity index (χ0v) is 13.9. The molecule has 0 aromatic heterocycles. The van der Waals surface area contributed by atoms with Crippen molar-refractivity contribution in [2.75, 3.05) is 26.8 Å². The highest BCUT2D eigenvalue weighted by atomic mass is 16.5. The molecule has 1 aromatic carbocycles. The molecule has 6 nitrogen and oxygen atoms in total. The van der Waals surface area contributed by atoms with Gasteiger partial charge in [-0.05, 0) is 30.4 Å². The summed E-state index contributed by atoms with van der Waals surface area (Å²) < 4.78 is 10.7. The van der Waals surface area contributed by atoms with E-state index in [1.807, 2.05) is 4.90 Å². The number of ether oxygens (including phenoxy) is 2. The Morgan fingerprint density at radius 3 is 2.48 bits per heavy atom. The lowest BCUT2D eigenvalue weighted by Crippen LogP contribution is -2.44. The van der Waals surface area contributed by atoms with Gasteiger partial charge in [0.2, 0.25) is 0 Å². The summed E-state index contributed by atoms with van der Waals surface area (Å²) >= 11 is 0. The summed E-state index contributed by atoms with van der Waals surface area (Å²) in [6.45, 7) is 5.65. The first-order valence-electron chi connectivity index (χ1n) is 7.79. The van der Waals surface area contributed by atoms with Crippen LogP contribution in [0.15, 0.2) is 18.2 Å². The number of hydrogen-bond acceptors (Lipinski definition) is 4. The molecule has 0 aliphatic carbocycles. The second-order valence-corrected chi connectivity index (χ2v) is 6.26. The van der Waals surface area contributed by atoms with Gasteiger partial charge in [-0.1, -0.05) is 13.8 Å². The van der Waals surface area contributed by atoms with E-state index in [1.54, 1.807) is 12.1 Å². The van der Waals surface area contributed by atoms with Gasteiger partial charge in [0, 0.05) is 19.2 Å². The summed E-state index contributed by atoms with van der Waals surface area (Å²) in [5.74, 6) is 1.10. The van der Waals surface area contributed by atoms with Gasteiger partial charge in [0.1, 0.15) is 11.5 Å². The van der Waals surface area contributed by atoms with Crippen molar-refractivity contribution < 1.29 is 19.1 Å². The van der Waals surface area contributed by atoms with E-state index in [4.69, 9.17) is 15.2 Å². The number of hydrogen-bond donors (Lipinski definition) is 1. The van der Waals surface area contributed by atoms with Crippen LogP contribution in [-0.2, 0) is 4.79 Å². The predicted molar refractivity (Wildman–Crippen MR) is 86.5 cm³/mol. The SMILES string of the molecule is COc1ccc(C(N)=O)c(OCC(=O)N2C[C@@H](C)C[C@H](C)C2)c1. The molecule has 0 bridgehead atoms. The Kier molecular flexibility index (Phi) is 5.47. The normalized spacial score (nSPS) is 20.9. The number of methoxy groups -OCH3 is 1. The van der Waals surface area contributed by atoms with Gasteiger partial charge in [-0.3, -0.25) is 9.59 Å². The number of amides is 2. The van der Waals surface area contributed by atoms with E-state index in [1.165, 1.54) is 13.2 Å². The van der Waals surface area contributed by atoms with E-state index < -0.39 is 5.91 Å². The van der Waals surface area contributed by atoms with Crippen molar-refractivity contribution in [2.45, 2.75) is 20.3 Å². The van der Waals surface area contributed by atoms with Crippen LogP contribution in [0.2, 0.25) is 0 Å². The maximum Gasteiger partial charge on any atom is 0.260 e. The molecule has 2 N–H and O–H groups in total. The van der Waals surface area contributed by atoms with Crippen LogP contribution in [0, 0.1) is 11.8 Å². The monoisotopic (exact) mass is 320 g/mol. The van der Waals surface area contributed by atoms with Crippen LogP contribution >= 0.6 is 0 Å². The Balaban J connectivity index is 2.05. The molecule has 23 heavy (non-hydrogen) atoms. The molecular weight excluding hydrogens is 296 g/mol. The molecule has 2 amide bonds. The average Bonchev–Trinajstić information content (AvgIpc) is 2.51. The summed E-state index contributed by atoms with van der Waals surface area (Å²) in [6, 6.07) is 4.73. The first kappa shape index (κ1) is 17.1. The number of carbonyl (C=O) groups is 2. The highest BCUT2D eigenvalue weighted by molar-refractivity contribution is 5.96. The molecule has 0 radical (unpaired) electrons. The zero-order chi connectivity index (χ0) is 17.0. The highest BCUT2D eigenvalue weighted by Gasteiger charge is 2.25. The fourth-order valence-electron chi connectivity index (χ4n) is 3.05. The fourth-order valence-corrected chi connectivity index (χ4v) is 3.05. The number of carbonyl (C=O) groups excluding carboxylic acids is 2. The molecule has 1 saturated heterocycles. The van der Waals surface area contributed by atoms with Crippen molar-refractivity contribution in [1.29, 1.82) is 0 Å². The zero-order valence-electron chi connectivity index (χ0n) is 13.9. The lowest BCUT2D eigenvalue weighted by Gasteiger charge is -2.34. The Morgan fingerprint density at radius 2 is 1.91 bits per heavy atom. The Bertz CT molecular complexity index is 578. The number of primary amides is 1. The quantitative estimate of drug-likeness (QED) is 0.895. The van der Waals surface area contributed by atoms with Crippen molar-refractivity contribution in [2.24, 2.45) is 17.6 Å². The van der Waals surface area contributed by atoms with Crippen LogP contribution in [0.25, 0.3) is 0 Å². The molecule has 0 spiro atoms. The number of likely N-dealkylation sites (tertiary alicyclic amines) is 1. The van der Waals surface area contributed by atoms with Gasteiger partial charge >= 0.3 is 0 Å². The molecule has 1 aliphatic heterocycles. The summed E-state index contributed by atoms with van der Waals surface area (Å²) in [5.41, 5.74) is 5.57. The van der Waals surface area contributed by atoms with E-state index in [0.717, 1.165) is 19.5 Å². The molecule has 6 heteroatoms. The number of rotatable bonds is 5.